The van der Waals surface area contributed by atoms with Crippen molar-refractivity contribution in [2.75, 3.05) is 19.7 Å². The number of halogens is 1. The first-order chi connectivity index (χ1) is 10.1. The highest BCUT2D eigenvalue weighted by Gasteiger charge is 2.38. The van der Waals surface area contributed by atoms with E-state index in [1.54, 1.807) is 6.07 Å². The molecule has 1 aromatic rings. The second kappa shape index (κ2) is 5.64. The van der Waals surface area contributed by atoms with Gasteiger partial charge in [-0.05, 0) is 42.4 Å². The van der Waals surface area contributed by atoms with Gasteiger partial charge in [0, 0.05) is 13.1 Å². The van der Waals surface area contributed by atoms with Gasteiger partial charge >= 0.3 is 5.97 Å². The van der Waals surface area contributed by atoms with E-state index >= 15 is 0 Å². The van der Waals surface area contributed by atoms with E-state index in [9.17, 15) is 9.18 Å². The third kappa shape index (κ3) is 3.53. The number of carboxylic acid groups (broad SMARTS) is 1. The van der Waals surface area contributed by atoms with Crippen LogP contribution in [0.15, 0.2) is 24.3 Å². The SMILES string of the molecule is O=C(O)CC(c1cccc(OCC2(F)CNC2)c1)C1CC1. The molecule has 1 aliphatic carbocycles. The molecule has 2 aliphatic rings. The molecule has 0 spiro atoms. The number of carbonyl (C=O) groups is 1. The highest BCUT2D eigenvalue weighted by Crippen LogP contribution is 2.45. The smallest absolute Gasteiger partial charge is 0.303 e. The van der Waals surface area contributed by atoms with Crippen LogP contribution in [0.4, 0.5) is 4.39 Å². The molecule has 3 rings (SSSR count). The topological polar surface area (TPSA) is 58.6 Å². The van der Waals surface area contributed by atoms with Gasteiger partial charge in [0.05, 0.1) is 6.42 Å². The number of alkyl halides is 1. The maximum Gasteiger partial charge on any atom is 0.303 e. The minimum atomic E-state index is -1.27. The summed E-state index contributed by atoms with van der Waals surface area (Å²) in [5, 5.41) is 11.9. The minimum Gasteiger partial charge on any atom is -0.490 e. The average Bonchev–Trinajstić information content (AvgIpc) is 3.25. The van der Waals surface area contributed by atoms with Crippen LogP contribution in [0.3, 0.4) is 0 Å². The molecule has 0 bridgehead atoms. The number of ether oxygens (including phenoxy) is 1. The maximum atomic E-state index is 13.9. The Bertz CT molecular complexity index is 526. The predicted octanol–water partition coefficient (Wildman–Crippen LogP) is 2.35. The molecule has 2 fully saturated rings. The second-order valence-electron chi connectivity index (χ2n) is 6.16. The Morgan fingerprint density at radius 2 is 2.24 bits per heavy atom. The van der Waals surface area contributed by atoms with Crippen molar-refractivity contribution in [3.05, 3.63) is 29.8 Å². The van der Waals surface area contributed by atoms with Crippen LogP contribution in [-0.4, -0.2) is 36.4 Å². The van der Waals surface area contributed by atoms with Crippen LogP contribution < -0.4 is 10.1 Å². The fourth-order valence-corrected chi connectivity index (χ4v) is 2.79. The van der Waals surface area contributed by atoms with Gasteiger partial charge in [0.1, 0.15) is 12.4 Å². The monoisotopic (exact) mass is 293 g/mol. The highest BCUT2D eigenvalue weighted by molar-refractivity contribution is 5.68. The Balaban J connectivity index is 1.67. The van der Waals surface area contributed by atoms with Crippen molar-refractivity contribution < 1.29 is 19.0 Å². The summed E-state index contributed by atoms with van der Waals surface area (Å²) < 4.78 is 19.4. The van der Waals surface area contributed by atoms with Gasteiger partial charge in [0.2, 0.25) is 0 Å². The molecule has 114 valence electrons. The molecule has 5 heteroatoms. The lowest BCUT2D eigenvalue weighted by Gasteiger charge is -2.34. The lowest BCUT2D eigenvalue weighted by atomic mass is 9.91. The van der Waals surface area contributed by atoms with Gasteiger partial charge in [-0.2, -0.15) is 0 Å². The van der Waals surface area contributed by atoms with E-state index in [4.69, 9.17) is 9.84 Å². The Hall–Kier alpha value is -1.62. The summed E-state index contributed by atoms with van der Waals surface area (Å²) in [5.41, 5.74) is -0.287. The predicted molar refractivity (Wildman–Crippen MR) is 76.4 cm³/mol. The summed E-state index contributed by atoms with van der Waals surface area (Å²) in [6.07, 6.45) is 2.32. The third-order valence-corrected chi connectivity index (χ3v) is 4.25. The van der Waals surface area contributed by atoms with E-state index in [-0.39, 0.29) is 18.9 Å². The molecule has 1 aromatic carbocycles. The fourth-order valence-electron chi connectivity index (χ4n) is 2.79. The van der Waals surface area contributed by atoms with E-state index in [0.29, 0.717) is 24.8 Å². The molecule has 1 heterocycles. The molecule has 1 saturated heterocycles. The molecule has 0 aromatic heterocycles. The molecular weight excluding hydrogens is 273 g/mol. The normalized spacial score (nSPS) is 21.4. The first-order valence-electron chi connectivity index (χ1n) is 7.40. The van der Waals surface area contributed by atoms with Crippen LogP contribution in [0.5, 0.6) is 5.75 Å². The minimum absolute atomic E-state index is 0.0377. The van der Waals surface area contributed by atoms with Gasteiger partial charge in [-0.1, -0.05) is 12.1 Å². The summed E-state index contributed by atoms with van der Waals surface area (Å²) in [6, 6.07) is 7.45. The number of rotatable bonds is 7. The van der Waals surface area contributed by atoms with Gasteiger partial charge in [-0.3, -0.25) is 4.79 Å². The quantitative estimate of drug-likeness (QED) is 0.810. The molecule has 4 nitrogen and oxygen atoms in total. The van der Waals surface area contributed by atoms with Crippen LogP contribution in [0.2, 0.25) is 0 Å². The van der Waals surface area contributed by atoms with Crippen LogP contribution in [0, 0.1) is 5.92 Å². The van der Waals surface area contributed by atoms with Gasteiger partial charge < -0.3 is 15.2 Å². The van der Waals surface area contributed by atoms with Crippen molar-refractivity contribution >= 4 is 5.97 Å². The Kier molecular flexibility index (Phi) is 3.85. The summed E-state index contributed by atoms with van der Waals surface area (Å²) >= 11 is 0. The highest BCUT2D eigenvalue weighted by atomic mass is 19.1. The largest absolute Gasteiger partial charge is 0.490 e. The first kappa shape index (κ1) is 14.3. The molecule has 2 N–H and O–H groups in total. The molecular formula is C16H20FNO3. The molecule has 1 atom stereocenters. The standard InChI is InChI=1S/C16H20FNO3/c17-16(8-18-9-16)10-21-13-3-1-2-12(6-13)14(7-15(19)20)11-4-5-11/h1-3,6,11,14,18H,4-5,7-10H2,(H,19,20). The zero-order chi connectivity index (χ0) is 14.9. The number of aliphatic carboxylic acids is 1. The van der Waals surface area contributed by atoms with E-state index in [2.05, 4.69) is 5.32 Å². The number of hydrogen-bond donors (Lipinski definition) is 2. The maximum absolute atomic E-state index is 13.9. The number of carboxylic acids is 1. The van der Waals surface area contributed by atoms with Crippen molar-refractivity contribution in [2.45, 2.75) is 30.8 Å². The summed E-state index contributed by atoms with van der Waals surface area (Å²) in [7, 11) is 0. The van der Waals surface area contributed by atoms with Crippen molar-refractivity contribution in [3.63, 3.8) is 0 Å². The lowest BCUT2D eigenvalue weighted by Crippen LogP contribution is -2.59. The van der Waals surface area contributed by atoms with Crippen molar-refractivity contribution in [2.24, 2.45) is 5.92 Å². The molecule has 0 amide bonds. The van der Waals surface area contributed by atoms with E-state index in [1.807, 2.05) is 18.2 Å². The van der Waals surface area contributed by atoms with Crippen LogP contribution >= 0.6 is 0 Å². The van der Waals surface area contributed by atoms with Gasteiger partial charge in [0.25, 0.3) is 0 Å². The van der Waals surface area contributed by atoms with Gasteiger partial charge in [0.15, 0.2) is 5.67 Å². The Morgan fingerprint density at radius 3 is 2.81 bits per heavy atom. The van der Waals surface area contributed by atoms with E-state index < -0.39 is 11.6 Å². The van der Waals surface area contributed by atoms with Gasteiger partial charge in [-0.25, -0.2) is 4.39 Å². The zero-order valence-corrected chi connectivity index (χ0v) is 11.8. The summed E-state index contributed by atoms with van der Waals surface area (Å²) in [4.78, 5) is 11.0. The molecule has 1 aliphatic heterocycles. The number of hydrogen-bond acceptors (Lipinski definition) is 3. The Labute approximate surface area is 123 Å². The van der Waals surface area contributed by atoms with Crippen LogP contribution in [0.1, 0.15) is 30.7 Å². The molecule has 21 heavy (non-hydrogen) atoms. The molecule has 1 saturated carbocycles. The summed E-state index contributed by atoms with van der Waals surface area (Å²) in [6.45, 7) is 0.698. The third-order valence-electron chi connectivity index (χ3n) is 4.25. The zero-order valence-electron chi connectivity index (χ0n) is 11.8. The Morgan fingerprint density at radius 1 is 1.48 bits per heavy atom. The first-order valence-corrected chi connectivity index (χ1v) is 7.40. The van der Waals surface area contributed by atoms with Crippen molar-refractivity contribution in [1.82, 2.24) is 5.32 Å². The van der Waals surface area contributed by atoms with Gasteiger partial charge in [-0.15, -0.1) is 0 Å². The fraction of sp³-hybridized carbons (Fsp3) is 0.562. The van der Waals surface area contributed by atoms with Crippen molar-refractivity contribution in [1.29, 1.82) is 0 Å². The van der Waals surface area contributed by atoms with Crippen LogP contribution in [0.25, 0.3) is 0 Å². The number of benzene rings is 1. The molecule has 1 unspecified atom stereocenters. The van der Waals surface area contributed by atoms with Crippen molar-refractivity contribution in [3.8, 4) is 5.75 Å². The molecule has 0 radical (unpaired) electrons. The number of nitrogens with one attached hydrogen (secondary N) is 1. The lowest BCUT2D eigenvalue weighted by molar-refractivity contribution is -0.137. The summed E-state index contributed by atoms with van der Waals surface area (Å²) in [5.74, 6) is 0.337. The average molecular weight is 293 g/mol. The van der Waals surface area contributed by atoms with E-state index in [1.165, 1.54) is 0 Å². The van der Waals surface area contributed by atoms with Crippen LogP contribution in [-0.2, 0) is 4.79 Å². The second-order valence-corrected chi connectivity index (χ2v) is 6.16. The van der Waals surface area contributed by atoms with E-state index in [0.717, 1.165) is 18.4 Å².